The number of benzene rings is 1. The van der Waals surface area contributed by atoms with Gasteiger partial charge >= 0.3 is 0 Å². The summed E-state index contributed by atoms with van der Waals surface area (Å²) < 4.78 is 30.8. The van der Waals surface area contributed by atoms with Crippen LogP contribution in [-0.4, -0.2) is 28.0 Å². The Morgan fingerprint density at radius 2 is 1.59 bits per heavy atom. The topological polar surface area (TPSA) is 54.4 Å². The zero-order chi connectivity index (χ0) is 23.5. The summed E-state index contributed by atoms with van der Waals surface area (Å²) in [6, 6.07) is 7.27. The lowest BCUT2D eigenvalue weighted by Crippen LogP contribution is -2.64. The number of hydrogen-bond acceptors (Lipinski definition) is 3. The van der Waals surface area contributed by atoms with E-state index in [0.717, 1.165) is 12.0 Å². The molecule has 1 saturated carbocycles. The van der Waals surface area contributed by atoms with Gasteiger partial charge in [0.15, 0.2) is 22.9 Å². The number of carbonyl (C=O) groups is 2. The number of phenols is 1. The van der Waals surface area contributed by atoms with Crippen LogP contribution < -0.4 is 0 Å². The summed E-state index contributed by atoms with van der Waals surface area (Å²) in [6.07, 6.45) is 10.8. The number of para-hydroxylation sites is 1. The van der Waals surface area contributed by atoms with Gasteiger partial charge < -0.3 is 5.11 Å². The summed E-state index contributed by atoms with van der Waals surface area (Å²) in [7, 11) is 0. The first-order valence-electron chi connectivity index (χ1n) is 10.7. The number of ketones is 2. The standard InChI is InChI=1S/C18H18F2O2.C9H10O/c1-3-9-17(19)13-7-5-12(16(17)22)11-6-8-14(21)18(20,10-4-2)15(11)13;1-2-5-8-6-3-4-7-9(8)10/h3-8,11-13,15H,1-2,9-10H2;2-4,6-7,10H,1,5H2/t11-,12+,13-,15-,17+,18-;/m0./s1. The molecule has 0 amide bonds. The molecule has 3 nitrogen and oxygen atoms in total. The first kappa shape index (κ1) is 23.6. The molecular weight excluding hydrogens is 410 g/mol. The van der Waals surface area contributed by atoms with Gasteiger partial charge in [0, 0.05) is 30.6 Å². The number of alkyl halides is 2. The minimum atomic E-state index is -2.20. The predicted molar refractivity (Wildman–Crippen MR) is 122 cm³/mol. The lowest BCUT2D eigenvalue weighted by Gasteiger charge is -2.54. The lowest BCUT2D eigenvalue weighted by molar-refractivity contribution is -0.160. The highest BCUT2D eigenvalue weighted by Crippen LogP contribution is 2.58. The van der Waals surface area contributed by atoms with E-state index in [9.17, 15) is 14.7 Å². The molecule has 32 heavy (non-hydrogen) atoms. The van der Waals surface area contributed by atoms with E-state index in [1.54, 1.807) is 30.4 Å². The second-order valence-electron chi connectivity index (χ2n) is 8.46. The van der Waals surface area contributed by atoms with Crippen molar-refractivity contribution in [2.45, 2.75) is 30.6 Å². The van der Waals surface area contributed by atoms with Crippen molar-refractivity contribution in [3.8, 4) is 5.75 Å². The van der Waals surface area contributed by atoms with Crippen LogP contribution in [0.4, 0.5) is 8.78 Å². The van der Waals surface area contributed by atoms with Crippen LogP contribution in [0.3, 0.4) is 0 Å². The molecule has 4 aliphatic rings. The second kappa shape index (κ2) is 9.19. The average Bonchev–Trinajstić information content (AvgIpc) is 2.77. The van der Waals surface area contributed by atoms with Crippen LogP contribution >= 0.6 is 0 Å². The molecule has 5 heteroatoms. The van der Waals surface area contributed by atoms with Crippen LogP contribution in [0.2, 0.25) is 0 Å². The second-order valence-corrected chi connectivity index (χ2v) is 8.46. The zero-order valence-electron chi connectivity index (χ0n) is 17.9. The highest BCUT2D eigenvalue weighted by atomic mass is 19.1. The number of carbonyl (C=O) groups excluding carboxylic acids is 2. The third kappa shape index (κ3) is 3.81. The number of hydrogen-bond donors (Lipinski definition) is 1. The van der Waals surface area contributed by atoms with Gasteiger partial charge in [-0.3, -0.25) is 9.59 Å². The van der Waals surface area contributed by atoms with Gasteiger partial charge in [0.1, 0.15) is 5.75 Å². The molecule has 5 rings (SSSR count). The van der Waals surface area contributed by atoms with Gasteiger partial charge in [0.05, 0.1) is 0 Å². The Balaban J connectivity index is 0.000000243. The highest BCUT2D eigenvalue weighted by Gasteiger charge is 2.66. The van der Waals surface area contributed by atoms with Gasteiger partial charge in [-0.05, 0) is 30.0 Å². The monoisotopic (exact) mass is 438 g/mol. The van der Waals surface area contributed by atoms with E-state index in [1.165, 1.54) is 18.2 Å². The molecule has 1 fully saturated rings. The van der Waals surface area contributed by atoms with Gasteiger partial charge in [0.25, 0.3) is 0 Å². The normalized spacial score (nSPS) is 34.3. The minimum absolute atomic E-state index is 0.164. The van der Waals surface area contributed by atoms with E-state index >= 15 is 8.78 Å². The van der Waals surface area contributed by atoms with Crippen molar-refractivity contribution in [2.75, 3.05) is 0 Å². The maximum absolute atomic E-state index is 15.5. The molecule has 1 aromatic carbocycles. The molecule has 168 valence electrons. The van der Waals surface area contributed by atoms with Crippen LogP contribution in [0, 0.1) is 23.7 Å². The van der Waals surface area contributed by atoms with Crippen LogP contribution in [0.5, 0.6) is 5.75 Å². The summed E-state index contributed by atoms with van der Waals surface area (Å²) in [4.78, 5) is 24.6. The Bertz CT molecular complexity index is 994. The van der Waals surface area contributed by atoms with Gasteiger partial charge in [-0.1, -0.05) is 54.7 Å². The fourth-order valence-corrected chi connectivity index (χ4v) is 5.15. The SMILES string of the molecule is C=CC[C@]1(F)C(=O)C=C[C@@H]2[C@H]1[C@@H]1C=C[C@H]2C(=O)[C@@]1(F)CC=C.C=CCc1ccccc1O. The van der Waals surface area contributed by atoms with Gasteiger partial charge in [-0.15, -0.1) is 19.7 Å². The van der Waals surface area contributed by atoms with Gasteiger partial charge in [0.2, 0.25) is 0 Å². The largest absolute Gasteiger partial charge is 0.508 e. The van der Waals surface area contributed by atoms with Crippen molar-refractivity contribution in [1.82, 2.24) is 0 Å². The van der Waals surface area contributed by atoms with Crippen molar-refractivity contribution in [1.29, 1.82) is 0 Å². The summed E-state index contributed by atoms with van der Waals surface area (Å²) in [5.74, 6) is -3.86. The van der Waals surface area contributed by atoms with Crippen LogP contribution in [0.15, 0.2) is 86.5 Å². The van der Waals surface area contributed by atoms with Crippen LogP contribution in [0.25, 0.3) is 0 Å². The third-order valence-electron chi connectivity index (χ3n) is 6.63. The number of phenolic OH excluding ortho intramolecular Hbond substituents is 1. The molecule has 1 N–H and O–H groups in total. The smallest absolute Gasteiger partial charge is 0.193 e. The summed E-state index contributed by atoms with van der Waals surface area (Å²) in [5, 5.41) is 9.19. The Kier molecular flexibility index (Phi) is 6.77. The van der Waals surface area contributed by atoms with Crippen LogP contribution in [-0.2, 0) is 16.0 Å². The minimum Gasteiger partial charge on any atom is -0.508 e. The van der Waals surface area contributed by atoms with E-state index in [0.29, 0.717) is 5.75 Å². The number of rotatable bonds is 6. The van der Waals surface area contributed by atoms with Crippen molar-refractivity contribution in [3.05, 3.63) is 92.1 Å². The number of halogens is 2. The van der Waals surface area contributed by atoms with Crippen molar-refractivity contribution < 1.29 is 23.5 Å². The third-order valence-corrected chi connectivity index (χ3v) is 6.63. The first-order chi connectivity index (χ1) is 15.2. The maximum atomic E-state index is 15.5. The fourth-order valence-electron chi connectivity index (χ4n) is 5.15. The number of Topliss-reactive ketones (excluding diaryl/α,β-unsaturated/α-hetero) is 1. The van der Waals surface area contributed by atoms with E-state index < -0.39 is 46.6 Å². The Labute approximate surface area is 187 Å². The molecular formula is C27H28F2O3. The van der Waals surface area contributed by atoms with Gasteiger partial charge in [-0.25, -0.2) is 8.78 Å². The van der Waals surface area contributed by atoms with E-state index in [4.69, 9.17) is 0 Å². The molecule has 6 atom stereocenters. The molecule has 2 bridgehead atoms. The zero-order valence-corrected chi connectivity index (χ0v) is 17.9. The summed E-state index contributed by atoms with van der Waals surface area (Å²) in [5.41, 5.74) is -3.45. The molecule has 1 aromatic rings. The van der Waals surface area contributed by atoms with E-state index in [-0.39, 0.29) is 12.8 Å². The quantitative estimate of drug-likeness (QED) is 0.603. The average molecular weight is 439 g/mol. The lowest BCUT2D eigenvalue weighted by atomic mass is 9.49. The fraction of sp³-hybridized carbons (Fsp3) is 0.333. The molecule has 0 aromatic heterocycles. The van der Waals surface area contributed by atoms with Crippen molar-refractivity contribution in [2.24, 2.45) is 23.7 Å². The number of fused-ring (bicyclic) bond motifs is 1. The maximum Gasteiger partial charge on any atom is 0.193 e. The van der Waals surface area contributed by atoms with E-state index in [1.807, 2.05) is 18.2 Å². The molecule has 0 spiro atoms. The van der Waals surface area contributed by atoms with Crippen LogP contribution in [0.1, 0.15) is 18.4 Å². The first-order valence-corrected chi connectivity index (χ1v) is 10.7. The predicted octanol–water partition coefficient (Wildman–Crippen LogP) is 5.43. The summed E-state index contributed by atoms with van der Waals surface area (Å²) >= 11 is 0. The Hall–Kier alpha value is -3.08. The molecule has 0 saturated heterocycles. The van der Waals surface area contributed by atoms with E-state index in [2.05, 4.69) is 19.7 Å². The highest BCUT2D eigenvalue weighted by molar-refractivity contribution is 6.01. The Morgan fingerprint density at radius 3 is 2.22 bits per heavy atom. The number of allylic oxidation sites excluding steroid dienone is 7. The number of aromatic hydroxyl groups is 1. The molecule has 4 aliphatic carbocycles. The van der Waals surface area contributed by atoms with Gasteiger partial charge in [-0.2, -0.15) is 0 Å². The molecule has 0 unspecified atom stereocenters. The van der Waals surface area contributed by atoms with Crippen molar-refractivity contribution in [3.63, 3.8) is 0 Å². The summed E-state index contributed by atoms with van der Waals surface area (Å²) in [6.45, 7) is 10.6. The van der Waals surface area contributed by atoms with Crippen molar-refractivity contribution >= 4 is 11.6 Å². The molecule has 0 radical (unpaired) electrons. The molecule has 0 aliphatic heterocycles. The Morgan fingerprint density at radius 1 is 0.938 bits per heavy atom. The molecule has 0 heterocycles.